The van der Waals surface area contributed by atoms with Gasteiger partial charge in [0, 0.05) is 13.1 Å². The van der Waals surface area contributed by atoms with Crippen molar-refractivity contribution in [1.29, 1.82) is 0 Å². The van der Waals surface area contributed by atoms with Crippen LogP contribution in [0.15, 0.2) is 22.0 Å². The van der Waals surface area contributed by atoms with Crippen molar-refractivity contribution in [3.8, 4) is 10.7 Å². The third-order valence-corrected chi connectivity index (χ3v) is 5.92. The van der Waals surface area contributed by atoms with E-state index in [9.17, 15) is 0 Å². The normalized spacial score (nSPS) is 26.4. The molecule has 2 aliphatic rings. The Bertz CT molecular complexity index is 626. The summed E-state index contributed by atoms with van der Waals surface area (Å²) in [6.07, 6.45) is 2.64. The molecule has 118 valence electrons. The van der Waals surface area contributed by atoms with Crippen LogP contribution in [-0.2, 0) is 6.54 Å². The summed E-state index contributed by atoms with van der Waals surface area (Å²) in [5.41, 5.74) is 0.507. The molecule has 0 radical (unpaired) electrons. The minimum Gasteiger partial charge on any atom is -0.338 e. The fraction of sp³-hybridized carbons (Fsp3) is 0.625. The third kappa shape index (κ3) is 2.71. The molecule has 0 bridgehead atoms. The van der Waals surface area contributed by atoms with Crippen molar-refractivity contribution in [1.82, 2.24) is 19.9 Å². The van der Waals surface area contributed by atoms with E-state index in [0.717, 1.165) is 29.7 Å². The first-order chi connectivity index (χ1) is 10.8. The van der Waals surface area contributed by atoms with Crippen molar-refractivity contribution in [3.63, 3.8) is 0 Å². The topological polar surface area (TPSA) is 45.4 Å². The maximum atomic E-state index is 5.44. The molecular formula is C16H22N4OS. The Morgan fingerprint density at radius 1 is 1.27 bits per heavy atom. The van der Waals surface area contributed by atoms with Crippen LogP contribution in [0.3, 0.4) is 0 Å². The van der Waals surface area contributed by atoms with E-state index in [-0.39, 0.29) is 0 Å². The van der Waals surface area contributed by atoms with Gasteiger partial charge in [0.15, 0.2) is 0 Å². The van der Waals surface area contributed by atoms with Gasteiger partial charge < -0.3 is 9.42 Å². The van der Waals surface area contributed by atoms with E-state index in [0.29, 0.717) is 5.41 Å². The van der Waals surface area contributed by atoms with Gasteiger partial charge in [-0.3, -0.25) is 4.90 Å². The molecule has 2 aliphatic heterocycles. The van der Waals surface area contributed by atoms with Crippen molar-refractivity contribution in [2.45, 2.75) is 26.3 Å². The SMILES string of the molecule is CCN1CCC2(CCN(Cc3nc(-c4cccs4)no3)C2)C1. The number of hydrogen-bond donors (Lipinski definition) is 0. The monoisotopic (exact) mass is 318 g/mol. The van der Waals surface area contributed by atoms with Crippen molar-refractivity contribution in [2.24, 2.45) is 5.41 Å². The molecule has 0 aliphatic carbocycles. The summed E-state index contributed by atoms with van der Waals surface area (Å²) >= 11 is 1.65. The predicted octanol–water partition coefficient (Wildman–Crippen LogP) is 2.72. The second kappa shape index (κ2) is 5.76. The van der Waals surface area contributed by atoms with Crippen LogP contribution in [0.2, 0.25) is 0 Å². The summed E-state index contributed by atoms with van der Waals surface area (Å²) < 4.78 is 5.44. The minimum atomic E-state index is 0.507. The fourth-order valence-electron chi connectivity index (χ4n) is 3.81. The van der Waals surface area contributed by atoms with Crippen LogP contribution in [0.25, 0.3) is 10.7 Å². The van der Waals surface area contributed by atoms with Gasteiger partial charge in [-0.25, -0.2) is 0 Å². The number of hydrogen-bond acceptors (Lipinski definition) is 6. The summed E-state index contributed by atoms with van der Waals surface area (Å²) in [7, 11) is 0. The minimum absolute atomic E-state index is 0.507. The number of rotatable bonds is 4. The van der Waals surface area contributed by atoms with E-state index in [1.807, 2.05) is 17.5 Å². The lowest BCUT2D eigenvalue weighted by Gasteiger charge is -2.24. The standard InChI is InChI=1S/C16H22N4OS/c1-2-19-7-5-16(11-19)6-8-20(12-16)10-14-17-15(18-21-14)13-4-3-9-22-13/h3-4,9H,2,5-8,10-12H2,1H3. The molecule has 6 heteroatoms. The summed E-state index contributed by atoms with van der Waals surface area (Å²) in [5.74, 6) is 1.46. The predicted molar refractivity (Wildman–Crippen MR) is 86.7 cm³/mol. The Morgan fingerprint density at radius 2 is 2.09 bits per heavy atom. The lowest BCUT2D eigenvalue weighted by molar-refractivity contribution is 0.221. The summed E-state index contributed by atoms with van der Waals surface area (Å²) in [6, 6.07) is 4.04. The smallest absolute Gasteiger partial charge is 0.241 e. The lowest BCUT2D eigenvalue weighted by atomic mass is 9.86. The molecule has 2 fully saturated rings. The van der Waals surface area contributed by atoms with Gasteiger partial charge in [0.25, 0.3) is 0 Å². The first-order valence-electron chi connectivity index (χ1n) is 8.07. The van der Waals surface area contributed by atoms with Crippen molar-refractivity contribution in [2.75, 3.05) is 32.7 Å². The fourth-order valence-corrected chi connectivity index (χ4v) is 4.46. The molecule has 0 aromatic carbocycles. The van der Waals surface area contributed by atoms with Crippen LogP contribution in [-0.4, -0.2) is 52.7 Å². The van der Waals surface area contributed by atoms with Crippen molar-refractivity contribution in [3.05, 3.63) is 23.4 Å². The van der Waals surface area contributed by atoms with Crippen LogP contribution in [0.4, 0.5) is 0 Å². The molecule has 4 heterocycles. The lowest BCUT2D eigenvalue weighted by Crippen LogP contribution is -2.30. The molecule has 22 heavy (non-hydrogen) atoms. The van der Waals surface area contributed by atoms with Crippen molar-refractivity contribution >= 4 is 11.3 Å². The van der Waals surface area contributed by atoms with Crippen LogP contribution in [0.5, 0.6) is 0 Å². The average molecular weight is 318 g/mol. The Hall–Kier alpha value is -1.24. The number of aromatic nitrogens is 2. The first kappa shape index (κ1) is 14.4. The van der Waals surface area contributed by atoms with Crippen LogP contribution >= 0.6 is 11.3 Å². The quantitative estimate of drug-likeness (QED) is 0.867. The molecule has 1 atom stereocenters. The highest BCUT2D eigenvalue weighted by Crippen LogP contribution is 2.39. The Kier molecular flexibility index (Phi) is 3.76. The van der Waals surface area contributed by atoms with Crippen LogP contribution < -0.4 is 0 Å². The summed E-state index contributed by atoms with van der Waals surface area (Å²) in [4.78, 5) is 10.7. The van der Waals surface area contributed by atoms with Crippen LogP contribution in [0.1, 0.15) is 25.7 Å². The van der Waals surface area contributed by atoms with E-state index in [2.05, 4.69) is 26.9 Å². The molecule has 4 rings (SSSR count). The molecule has 0 N–H and O–H groups in total. The molecular weight excluding hydrogens is 296 g/mol. The van der Waals surface area contributed by atoms with Gasteiger partial charge in [-0.05, 0) is 49.3 Å². The summed E-state index contributed by atoms with van der Waals surface area (Å²) in [6.45, 7) is 9.05. The number of nitrogens with zero attached hydrogens (tertiary/aromatic N) is 4. The van der Waals surface area contributed by atoms with Gasteiger partial charge in [0.05, 0.1) is 11.4 Å². The van der Waals surface area contributed by atoms with Gasteiger partial charge >= 0.3 is 0 Å². The van der Waals surface area contributed by atoms with Gasteiger partial charge in [0.2, 0.25) is 11.7 Å². The van der Waals surface area contributed by atoms with Crippen molar-refractivity contribution < 1.29 is 4.52 Å². The Labute approximate surface area is 134 Å². The molecule has 1 spiro atoms. The number of thiophene rings is 1. The van der Waals surface area contributed by atoms with Gasteiger partial charge in [0.1, 0.15) is 0 Å². The highest BCUT2D eigenvalue weighted by molar-refractivity contribution is 7.13. The Balaban J connectivity index is 1.39. The third-order valence-electron chi connectivity index (χ3n) is 5.05. The summed E-state index contributed by atoms with van der Waals surface area (Å²) in [5, 5.41) is 6.14. The van der Waals surface area contributed by atoms with E-state index in [1.165, 1.54) is 39.0 Å². The largest absolute Gasteiger partial charge is 0.338 e. The van der Waals surface area contributed by atoms with E-state index in [1.54, 1.807) is 11.3 Å². The molecule has 0 saturated carbocycles. The first-order valence-corrected chi connectivity index (χ1v) is 8.95. The van der Waals surface area contributed by atoms with Gasteiger partial charge in [-0.2, -0.15) is 4.98 Å². The van der Waals surface area contributed by atoms with Crippen LogP contribution in [0, 0.1) is 5.41 Å². The van der Waals surface area contributed by atoms with E-state index >= 15 is 0 Å². The molecule has 2 aromatic heterocycles. The van der Waals surface area contributed by atoms with E-state index < -0.39 is 0 Å². The maximum Gasteiger partial charge on any atom is 0.241 e. The van der Waals surface area contributed by atoms with Gasteiger partial charge in [-0.15, -0.1) is 11.3 Å². The average Bonchev–Trinajstić information content (AvgIpc) is 3.29. The highest BCUT2D eigenvalue weighted by Gasteiger charge is 2.43. The molecule has 0 amide bonds. The zero-order valence-corrected chi connectivity index (χ0v) is 13.8. The number of likely N-dealkylation sites (tertiary alicyclic amines) is 2. The molecule has 5 nitrogen and oxygen atoms in total. The molecule has 2 saturated heterocycles. The van der Waals surface area contributed by atoms with Gasteiger partial charge in [-0.1, -0.05) is 18.1 Å². The Morgan fingerprint density at radius 3 is 2.82 bits per heavy atom. The highest BCUT2D eigenvalue weighted by atomic mass is 32.1. The molecule has 1 unspecified atom stereocenters. The zero-order valence-electron chi connectivity index (χ0n) is 13.0. The maximum absolute atomic E-state index is 5.44. The zero-order chi connectivity index (χ0) is 15.0. The second-order valence-corrected chi connectivity index (χ2v) is 7.52. The molecule has 2 aromatic rings. The second-order valence-electron chi connectivity index (χ2n) is 6.57. The van der Waals surface area contributed by atoms with E-state index in [4.69, 9.17) is 4.52 Å².